The molecule has 2 heteroatoms. The zero-order valence-corrected chi connectivity index (χ0v) is 8.13. The summed E-state index contributed by atoms with van der Waals surface area (Å²) in [5.41, 5.74) is 1.10. The summed E-state index contributed by atoms with van der Waals surface area (Å²) in [5, 5.41) is 3.23. The highest BCUT2D eigenvalue weighted by Crippen LogP contribution is 2.17. The molecule has 0 bridgehead atoms. The van der Waals surface area contributed by atoms with Crippen molar-refractivity contribution in [3.8, 4) is 12.3 Å². The summed E-state index contributed by atoms with van der Waals surface area (Å²) in [7, 11) is 0. The van der Waals surface area contributed by atoms with Crippen molar-refractivity contribution in [2.24, 2.45) is 0 Å². The molecule has 1 aromatic rings. The molecule has 2 nitrogen and oxygen atoms in total. The van der Waals surface area contributed by atoms with Gasteiger partial charge in [0.05, 0.1) is 6.26 Å². The van der Waals surface area contributed by atoms with Gasteiger partial charge in [0.2, 0.25) is 0 Å². The summed E-state index contributed by atoms with van der Waals surface area (Å²) in [6, 6.07) is 1.84. The van der Waals surface area contributed by atoms with E-state index in [-0.39, 0.29) is 6.04 Å². The van der Waals surface area contributed by atoms with Gasteiger partial charge < -0.3 is 4.42 Å². The van der Waals surface area contributed by atoms with E-state index in [1.807, 2.05) is 13.0 Å². The Morgan fingerprint density at radius 2 is 2.46 bits per heavy atom. The first kappa shape index (κ1) is 9.88. The monoisotopic (exact) mass is 177 g/mol. The van der Waals surface area contributed by atoms with E-state index in [1.54, 1.807) is 6.26 Å². The third-order valence-electron chi connectivity index (χ3n) is 1.93. The first-order chi connectivity index (χ1) is 6.29. The van der Waals surface area contributed by atoms with E-state index >= 15 is 0 Å². The molecular weight excluding hydrogens is 162 g/mol. The molecule has 0 aliphatic rings. The normalized spacial score (nSPS) is 12.4. The van der Waals surface area contributed by atoms with Crippen LogP contribution in [0.2, 0.25) is 0 Å². The maximum Gasteiger partial charge on any atom is 0.135 e. The number of rotatable bonds is 4. The Morgan fingerprint density at radius 1 is 1.69 bits per heavy atom. The molecule has 13 heavy (non-hydrogen) atoms. The quantitative estimate of drug-likeness (QED) is 0.714. The lowest BCUT2D eigenvalue weighted by atomic mass is 10.1. The molecule has 70 valence electrons. The Labute approximate surface area is 79.3 Å². The zero-order valence-electron chi connectivity index (χ0n) is 8.13. The molecule has 0 saturated carbocycles. The van der Waals surface area contributed by atoms with Crippen LogP contribution in [0.15, 0.2) is 16.7 Å². The Kier molecular flexibility index (Phi) is 3.60. The van der Waals surface area contributed by atoms with Crippen molar-refractivity contribution in [2.45, 2.75) is 26.3 Å². The summed E-state index contributed by atoms with van der Waals surface area (Å²) in [5.74, 6) is 3.53. The predicted molar refractivity (Wildman–Crippen MR) is 53.3 cm³/mol. The molecule has 1 unspecified atom stereocenters. The zero-order chi connectivity index (χ0) is 9.68. The maximum atomic E-state index is 5.40. The fraction of sp³-hybridized carbons (Fsp3) is 0.455. The summed E-state index contributed by atoms with van der Waals surface area (Å²) in [6.07, 6.45) is 8.14. The van der Waals surface area contributed by atoms with Crippen molar-refractivity contribution in [3.05, 3.63) is 23.7 Å². The molecule has 1 rings (SSSR count). The van der Waals surface area contributed by atoms with E-state index in [2.05, 4.69) is 18.2 Å². The Balaban J connectivity index is 2.68. The lowest BCUT2D eigenvalue weighted by Crippen LogP contribution is -2.20. The van der Waals surface area contributed by atoms with Crippen molar-refractivity contribution in [1.29, 1.82) is 0 Å². The van der Waals surface area contributed by atoms with Gasteiger partial charge in [-0.3, -0.25) is 5.32 Å². The minimum atomic E-state index is -0.0880. The van der Waals surface area contributed by atoms with Gasteiger partial charge in [0.15, 0.2) is 0 Å². The average molecular weight is 177 g/mol. The van der Waals surface area contributed by atoms with Crippen molar-refractivity contribution in [3.63, 3.8) is 0 Å². The highest BCUT2D eigenvalue weighted by atomic mass is 16.3. The van der Waals surface area contributed by atoms with Gasteiger partial charge in [-0.1, -0.05) is 12.8 Å². The number of hydrogen-bond donors (Lipinski definition) is 1. The first-order valence-electron chi connectivity index (χ1n) is 4.53. The van der Waals surface area contributed by atoms with Crippen LogP contribution in [0.3, 0.4) is 0 Å². The smallest absolute Gasteiger partial charge is 0.135 e. The third kappa shape index (κ3) is 2.37. The number of aryl methyl sites for hydroxylation is 1. The molecule has 0 aliphatic heterocycles. The molecule has 0 aromatic carbocycles. The molecule has 0 saturated heterocycles. The van der Waals surface area contributed by atoms with E-state index in [9.17, 15) is 0 Å². The maximum absolute atomic E-state index is 5.40. The number of terminal acetylenes is 1. The van der Waals surface area contributed by atoms with E-state index < -0.39 is 0 Å². The van der Waals surface area contributed by atoms with Crippen LogP contribution < -0.4 is 5.32 Å². The van der Waals surface area contributed by atoms with E-state index in [0.717, 1.165) is 24.3 Å². The third-order valence-corrected chi connectivity index (χ3v) is 1.93. The minimum Gasteiger partial charge on any atom is -0.466 e. The fourth-order valence-corrected chi connectivity index (χ4v) is 1.20. The molecule has 0 radical (unpaired) electrons. The van der Waals surface area contributed by atoms with E-state index in [0.29, 0.717) is 0 Å². The molecule has 0 spiro atoms. The second kappa shape index (κ2) is 4.74. The lowest BCUT2D eigenvalue weighted by Gasteiger charge is -2.10. The van der Waals surface area contributed by atoms with Crippen LogP contribution in [-0.2, 0) is 0 Å². The van der Waals surface area contributed by atoms with Crippen LogP contribution in [-0.4, -0.2) is 6.54 Å². The number of furan rings is 1. The summed E-state index contributed by atoms with van der Waals surface area (Å²) < 4.78 is 5.31. The molecule has 0 amide bonds. The lowest BCUT2D eigenvalue weighted by molar-refractivity contribution is 0.457. The summed E-state index contributed by atoms with van der Waals surface area (Å²) in [4.78, 5) is 0. The first-order valence-corrected chi connectivity index (χ1v) is 4.53. The van der Waals surface area contributed by atoms with Crippen LogP contribution in [0.4, 0.5) is 0 Å². The van der Waals surface area contributed by atoms with E-state index in [1.165, 1.54) is 0 Å². The summed E-state index contributed by atoms with van der Waals surface area (Å²) in [6.45, 7) is 5.02. The Hall–Kier alpha value is -1.20. The van der Waals surface area contributed by atoms with Crippen molar-refractivity contribution < 1.29 is 4.42 Å². The van der Waals surface area contributed by atoms with Crippen LogP contribution >= 0.6 is 0 Å². The topological polar surface area (TPSA) is 25.2 Å². The van der Waals surface area contributed by atoms with Gasteiger partial charge in [-0.25, -0.2) is 0 Å². The molecule has 0 aliphatic carbocycles. The molecule has 1 heterocycles. The highest BCUT2D eigenvalue weighted by Gasteiger charge is 2.12. The second-order valence-corrected chi connectivity index (χ2v) is 3.02. The molecular formula is C11H15NO. The van der Waals surface area contributed by atoms with Crippen molar-refractivity contribution in [2.75, 3.05) is 6.54 Å². The van der Waals surface area contributed by atoms with Gasteiger partial charge in [-0.2, -0.15) is 0 Å². The van der Waals surface area contributed by atoms with Gasteiger partial charge in [0, 0.05) is 0 Å². The van der Waals surface area contributed by atoms with Gasteiger partial charge in [0.25, 0.3) is 0 Å². The predicted octanol–water partition coefficient (Wildman–Crippen LogP) is 2.26. The minimum absolute atomic E-state index is 0.0880. The molecule has 0 fully saturated rings. The highest BCUT2D eigenvalue weighted by molar-refractivity contribution is 5.24. The molecule has 1 aromatic heterocycles. The second-order valence-electron chi connectivity index (χ2n) is 3.02. The standard InChI is InChI=1S/C11H15NO/c1-4-7-12-10(5-2)11-9(3)6-8-13-11/h2,6,8,10,12H,4,7H2,1,3H3. The number of nitrogens with one attached hydrogen (secondary N) is 1. The fourth-order valence-electron chi connectivity index (χ4n) is 1.20. The average Bonchev–Trinajstić information content (AvgIpc) is 2.54. The van der Waals surface area contributed by atoms with Crippen LogP contribution in [0.5, 0.6) is 0 Å². The molecule has 1 atom stereocenters. The Morgan fingerprint density at radius 3 is 2.92 bits per heavy atom. The Bertz CT molecular complexity index is 295. The largest absolute Gasteiger partial charge is 0.466 e. The van der Waals surface area contributed by atoms with Crippen LogP contribution in [0, 0.1) is 19.3 Å². The molecule has 1 N–H and O–H groups in total. The van der Waals surface area contributed by atoms with Crippen LogP contribution in [0.25, 0.3) is 0 Å². The van der Waals surface area contributed by atoms with E-state index in [4.69, 9.17) is 10.8 Å². The van der Waals surface area contributed by atoms with Crippen molar-refractivity contribution >= 4 is 0 Å². The summed E-state index contributed by atoms with van der Waals surface area (Å²) >= 11 is 0. The van der Waals surface area contributed by atoms with Gasteiger partial charge in [-0.05, 0) is 31.5 Å². The number of hydrogen-bond acceptors (Lipinski definition) is 2. The van der Waals surface area contributed by atoms with Crippen LogP contribution in [0.1, 0.15) is 30.7 Å². The van der Waals surface area contributed by atoms with Gasteiger partial charge in [-0.15, -0.1) is 6.42 Å². The van der Waals surface area contributed by atoms with Gasteiger partial charge in [0.1, 0.15) is 11.8 Å². The van der Waals surface area contributed by atoms with Crippen molar-refractivity contribution in [1.82, 2.24) is 5.32 Å². The SMILES string of the molecule is C#CC(NCCC)c1occc1C. The van der Waals surface area contributed by atoms with Gasteiger partial charge >= 0.3 is 0 Å².